The predicted octanol–water partition coefficient (Wildman–Crippen LogP) is 2.64. The molecule has 1 aromatic carbocycles. The van der Waals surface area contributed by atoms with E-state index in [1.54, 1.807) is 6.07 Å². The summed E-state index contributed by atoms with van der Waals surface area (Å²) in [6, 6.07) is 5.76. The highest BCUT2D eigenvalue weighted by molar-refractivity contribution is 8.13. The van der Waals surface area contributed by atoms with Crippen molar-refractivity contribution in [2.24, 2.45) is 0 Å². The van der Waals surface area contributed by atoms with Gasteiger partial charge in [0.15, 0.2) is 0 Å². The molecule has 1 rings (SSSR count). The predicted molar refractivity (Wildman–Crippen MR) is 49.0 cm³/mol. The molecule has 0 bridgehead atoms. The van der Waals surface area contributed by atoms with Crippen LogP contribution in [0.25, 0.3) is 0 Å². The molecule has 0 spiro atoms. The molecule has 0 heterocycles. The Morgan fingerprint density at radius 3 is 2.31 bits per heavy atom. The molecule has 0 fully saturated rings. The summed E-state index contributed by atoms with van der Waals surface area (Å²) in [4.78, 5) is -0.160. The molecule has 2 nitrogen and oxygen atoms in total. The van der Waals surface area contributed by atoms with Gasteiger partial charge in [-0.3, -0.25) is 0 Å². The minimum absolute atomic E-state index is 0.0949. The summed E-state index contributed by atoms with van der Waals surface area (Å²) in [5.41, 5.74) is 0.0949. The lowest BCUT2D eigenvalue weighted by atomic mass is 10.1. The molecule has 0 aliphatic heterocycles. The Labute approximate surface area is 80.8 Å². The summed E-state index contributed by atoms with van der Waals surface area (Å²) in [5, 5.41) is 0. The first kappa shape index (κ1) is 10.5. The fourth-order valence-corrected chi connectivity index (χ4v) is 2.21. The normalized spacial score (nSPS) is 14.1. The molecule has 0 aromatic heterocycles. The van der Waals surface area contributed by atoms with Crippen LogP contribution >= 0.6 is 10.7 Å². The standard InChI is InChI=1S/C8H8ClFO2S/c1-6(10)7-4-2-3-5-8(7)13(9,11)12/h2-6H,1H3. The number of halogens is 2. The van der Waals surface area contributed by atoms with E-state index in [4.69, 9.17) is 10.7 Å². The van der Waals surface area contributed by atoms with Crippen LogP contribution in [0.3, 0.4) is 0 Å². The maximum Gasteiger partial charge on any atom is 0.261 e. The van der Waals surface area contributed by atoms with Gasteiger partial charge in [0, 0.05) is 16.2 Å². The third kappa shape index (κ3) is 2.42. The van der Waals surface area contributed by atoms with Gasteiger partial charge in [0.2, 0.25) is 0 Å². The van der Waals surface area contributed by atoms with Crippen molar-refractivity contribution in [2.75, 3.05) is 0 Å². The Morgan fingerprint density at radius 1 is 1.38 bits per heavy atom. The van der Waals surface area contributed by atoms with Crippen LogP contribution in [0, 0.1) is 0 Å². The summed E-state index contributed by atoms with van der Waals surface area (Å²) in [6.07, 6.45) is -1.34. The molecule has 0 radical (unpaired) electrons. The number of hydrogen-bond acceptors (Lipinski definition) is 2. The zero-order valence-electron chi connectivity index (χ0n) is 6.87. The second kappa shape index (κ2) is 3.64. The highest BCUT2D eigenvalue weighted by Gasteiger charge is 2.18. The van der Waals surface area contributed by atoms with Gasteiger partial charge in [-0.2, -0.15) is 0 Å². The van der Waals surface area contributed by atoms with Gasteiger partial charge in [-0.25, -0.2) is 12.8 Å². The molecular weight excluding hydrogens is 215 g/mol. The summed E-state index contributed by atoms with van der Waals surface area (Å²) in [5.74, 6) is 0. The maximum atomic E-state index is 12.9. The molecule has 0 aliphatic carbocycles. The van der Waals surface area contributed by atoms with Crippen LogP contribution in [0.5, 0.6) is 0 Å². The second-order valence-electron chi connectivity index (χ2n) is 2.59. The van der Waals surface area contributed by atoms with E-state index in [1.165, 1.54) is 25.1 Å². The average molecular weight is 223 g/mol. The smallest absolute Gasteiger partial charge is 0.243 e. The highest BCUT2D eigenvalue weighted by atomic mass is 35.7. The van der Waals surface area contributed by atoms with E-state index in [9.17, 15) is 12.8 Å². The van der Waals surface area contributed by atoms with E-state index in [-0.39, 0.29) is 10.5 Å². The fraction of sp³-hybridized carbons (Fsp3) is 0.250. The summed E-state index contributed by atoms with van der Waals surface area (Å²) in [6.45, 7) is 1.26. The Kier molecular flexibility index (Phi) is 2.93. The zero-order chi connectivity index (χ0) is 10.1. The van der Waals surface area contributed by atoms with Crippen molar-refractivity contribution < 1.29 is 12.8 Å². The van der Waals surface area contributed by atoms with E-state index < -0.39 is 15.2 Å². The van der Waals surface area contributed by atoms with Crippen molar-refractivity contribution in [3.63, 3.8) is 0 Å². The van der Waals surface area contributed by atoms with E-state index in [0.29, 0.717) is 0 Å². The molecular formula is C8H8ClFO2S. The van der Waals surface area contributed by atoms with Crippen LogP contribution in [0.1, 0.15) is 18.7 Å². The van der Waals surface area contributed by atoms with Crippen LogP contribution in [-0.2, 0) is 9.05 Å². The Hall–Kier alpha value is -0.610. The van der Waals surface area contributed by atoms with Crippen LogP contribution in [0.15, 0.2) is 29.2 Å². The molecule has 0 aliphatic rings. The molecule has 0 saturated heterocycles. The minimum Gasteiger partial charge on any atom is -0.243 e. The van der Waals surface area contributed by atoms with Crippen LogP contribution in [0.4, 0.5) is 4.39 Å². The lowest BCUT2D eigenvalue weighted by molar-refractivity contribution is 0.368. The molecule has 13 heavy (non-hydrogen) atoms. The molecule has 1 atom stereocenters. The quantitative estimate of drug-likeness (QED) is 0.721. The first-order valence-electron chi connectivity index (χ1n) is 3.60. The largest absolute Gasteiger partial charge is 0.261 e. The Balaban J connectivity index is 3.37. The van der Waals surface area contributed by atoms with Crippen LogP contribution < -0.4 is 0 Å². The lowest BCUT2D eigenvalue weighted by Crippen LogP contribution is -1.98. The van der Waals surface area contributed by atoms with Crippen LogP contribution in [-0.4, -0.2) is 8.42 Å². The molecule has 0 amide bonds. The molecule has 0 saturated carbocycles. The van der Waals surface area contributed by atoms with Gasteiger partial charge in [0.05, 0.1) is 4.90 Å². The van der Waals surface area contributed by atoms with Gasteiger partial charge in [0.25, 0.3) is 9.05 Å². The van der Waals surface area contributed by atoms with Crippen molar-refractivity contribution in [3.05, 3.63) is 29.8 Å². The third-order valence-corrected chi connectivity index (χ3v) is 3.01. The Morgan fingerprint density at radius 2 is 1.92 bits per heavy atom. The number of rotatable bonds is 2. The fourth-order valence-electron chi connectivity index (χ4n) is 1.03. The van der Waals surface area contributed by atoms with Crippen LogP contribution in [0.2, 0.25) is 0 Å². The second-order valence-corrected chi connectivity index (χ2v) is 5.13. The van der Waals surface area contributed by atoms with Crippen molar-refractivity contribution in [2.45, 2.75) is 18.0 Å². The first-order chi connectivity index (χ1) is 5.93. The van der Waals surface area contributed by atoms with Crippen molar-refractivity contribution in [1.29, 1.82) is 0 Å². The summed E-state index contributed by atoms with van der Waals surface area (Å²) in [7, 11) is 1.27. The van der Waals surface area contributed by atoms with Gasteiger partial charge in [0.1, 0.15) is 6.17 Å². The van der Waals surface area contributed by atoms with E-state index >= 15 is 0 Å². The van der Waals surface area contributed by atoms with E-state index in [0.717, 1.165) is 0 Å². The maximum absolute atomic E-state index is 12.9. The third-order valence-electron chi connectivity index (χ3n) is 1.61. The van der Waals surface area contributed by atoms with E-state index in [1.807, 2.05) is 0 Å². The summed E-state index contributed by atoms with van der Waals surface area (Å²) >= 11 is 0. The summed E-state index contributed by atoms with van der Waals surface area (Å²) < 4.78 is 34.8. The molecule has 1 aromatic rings. The molecule has 5 heteroatoms. The molecule has 1 unspecified atom stereocenters. The van der Waals surface area contributed by atoms with E-state index in [2.05, 4.69) is 0 Å². The lowest BCUT2D eigenvalue weighted by Gasteiger charge is -2.06. The van der Waals surface area contributed by atoms with Crippen molar-refractivity contribution >= 4 is 19.7 Å². The SMILES string of the molecule is CC(F)c1ccccc1S(=O)(=O)Cl. The molecule has 0 N–H and O–H groups in total. The zero-order valence-corrected chi connectivity index (χ0v) is 8.44. The van der Waals surface area contributed by atoms with Gasteiger partial charge in [-0.05, 0) is 13.0 Å². The topological polar surface area (TPSA) is 34.1 Å². The average Bonchev–Trinajstić information content (AvgIpc) is 2.03. The first-order valence-corrected chi connectivity index (χ1v) is 5.91. The number of hydrogen-bond donors (Lipinski definition) is 0. The Bertz CT molecular complexity index is 400. The van der Waals surface area contributed by atoms with Gasteiger partial charge in [-0.15, -0.1) is 0 Å². The van der Waals surface area contributed by atoms with Crippen molar-refractivity contribution in [1.82, 2.24) is 0 Å². The van der Waals surface area contributed by atoms with Gasteiger partial charge < -0.3 is 0 Å². The van der Waals surface area contributed by atoms with Crippen molar-refractivity contribution in [3.8, 4) is 0 Å². The number of alkyl halides is 1. The number of benzene rings is 1. The van der Waals surface area contributed by atoms with Gasteiger partial charge in [-0.1, -0.05) is 18.2 Å². The minimum atomic E-state index is -3.85. The highest BCUT2D eigenvalue weighted by Crippen LogP contribution is 2.26. The molecule has 72 valence electrons. The monoisotopic (exact) mass is 222 g/mol. The van der Waals surface area contributed by atoms with Gasteiger partial charge >= 0.3 is 0 Å².